The van der Waals surface area contributed by atoms with Crippen LogP contribution in [0.15, 0.2) is 48.5 Å². The first kappa shape index (κ1) is 14.4. The van der Waals surface area contributed by atoms with Crippen LogP contribution in [-0.4, -0.2) is 36.2 Å². The molecule has 0 radical (unpaired) electrons. The van der Waals surface area contributed by atoms with Crippen molar-refractivity contribution in [2.45, 2.75) is 25.0 Å². The molecule has 0 bridgehead atoms. The molecule has 2 heterocycles. The van der Waals surface area contributed by atoms with Crippen LogP contribution in [0.2, 0.25) is 0 Å². The standard InChI is InChI=1S/C19H20N2O2/c22-16-11-17(20-12-16)19(23)21-9-8-15-10-14(6-7-18(15)21)13-4-2-1-3-5-13/h1-7,10,16-17,20,22H,8-9,11-12H2. The van der Waals surface area contributed by atoms with Gasteiger partial charge >= 0.3 is 0 Å². The quantitative estimate of drug-likeness (QED) is 0.892. The van der Waals surface area contributed by atoms with E-state index in [4.69, 9.17) is 0 Å². The van der Waals surface area contributed by atoms with Crippen molar-refractivity contribution >= 4 is 11.6 Å². The zero-order chi connectivity index (χ0) is 15.8. The molecule has 1 amide bonds. The van der Waals surface area contributed by atoms with Gasteiger partial charge in [0.05, 0.1) is 12.1 Å². The SMILES string of the molecule is O=C(C1CC(O)CN1)N1CCc2cc(-c3ccccc3)ccc21. The fourth-order valence-electron chi connectivity index (χ4n) is 3.53. The van der Waals surface area contributed by atoms with Crippen LogP contribution < -0.4 is 10.2 Å². The molecule has 0 aliphatic carbocycles. The summed E-state index contributed by atoms with van der Waals surface area (Å²) in [6.45, 7) is 1.23. The summed E-state index contributed by atoms with van der Waals surface area (Å²) >= 11 is 0. The van der Waals surface area contributed by atoms with Crippen LogP contribution in [0.5, 0.6) is 0 Å². The van der Waals surface area contributed by atoms with Gasteiger partial charge in [-0.1, -0.05) is 36.4 Å². The number of rotatable bonds is 2. The predicted octanol–water partition coefficient (Wildman–Crippen LogP) is 1.97. The summed E-state index contributed by atoms with van der Waals surface area (Å²) in [5, 5.41) is 12.7. The Morgan fingerprint density at radius 1 is 1.13 bits per heavy atom. The number of hydrogen-bond donors (Lipinski definition) is 2. The number of carbonyl (C=O) groups is 1. The molecule has 2 unspecified atom stereocenters. The van der Waals surface area contributed by atoms with Crippen molar-refractivity contribution in [2.24, 2.45) is 0 Å². The van der Waals surface area contributed by atoms with Crippen LogP contribution in [0, 0.1) is 0 Å². The van der Waals surface area contributed by atoms with E-state index < -0.39 is 6.10 Å². The number of aliphatic hydroxyl groups is 1. The van der Waals surface area contributed by atoms with Crippen molar-refractivity contribution in [1.29, 1.82) is 0 Å². The van der Waals surface area contributed by atoms with E-state index in [0.29, 0.717) is 13.0 Å². The number of β-amino-alcohol motifs (C(OH)–C–C–N with tert-alkyl or cyclic N) is 1. The normalized spacial score (nSPS) is 23.1. The van der Waals surface area contributed by atoms with E-state index in [0.717, 1.165) is 18.7 Å². The van der Waals surface area contributed by atoms with Crippen LogP contribution in [0.25, 0.3) is 11.1 Å². The van der Waals surface area contributed by atoms with Crippen molar-refractivity contribution in [3.8, 4) is 11.1 Å². The lowest BCUT2D eigenvalue weighted by Crippen LogP contribution is -2.42. The molecule has 23 heavy (non-hydrogen) atoms. The van der Waals surface area contributed by atoms with Crippen LogP contribution in [0.1, 0.15) is 12.0 Å². The van der Waals surface area contributed by atoms with Gasteiger partial charge < -0.3 is 15.3 Å². The highest BCUT2D eigenvalue weighted by Gasteiger charge is 2.34. The molecule has 4 rings (SSSR count). The molecular formula is C19H20N2O2. The van der Waals surface area contributed by atoms with E-state index in [1.165, 1.54) is 16.7 Å². The Hall–Kier alpha value is -2.17. The number of carbonyl (C=O) groups excluding carboxylic acids is 1. The van der Waals surface area contributed by atoms with Gasteiger partial charge in [-0.3, -0.25) is 4.79 Å². The smallest absolute Gasteiger partial charge is 0.244 e. The minimum absolute atomic E-state index is 0.0766. The summed E-state index contributed by atoms with van der Waals surface area (Å²) in [7, 11) is 0. The largest absolute Gasteiger partial charge is 0.392 e. The maximum absolute atomic E-state index is 12.7. The summed E-state index contributed by atoms with van der Waals surface area (Å²) in [5.41, 5.74) is 4.62. The van der Waals surface area contributed by atoms with Gasteiger partial charge in [0.1, 0.15) is 0 Å². The molecular weight excluding hydrogens is 288 g/mol. The molecule has 0 aromatic heterocycles. The van der Waals surface area contributed by atoms with Crippen LogP contribution in [0.3, 0.4) is 0 Å². The highest BCUT2D eigenvalue weighted by Crippen LogP contribution is 2.33. The van der Waals surface area contributed by atoms with E-state index in [2.05, 4.69) is 29.6 Å². The van der Waals surface area contributed by atoms with Gasteiger partial charge in [0.2, 0.25) is 5.91 Å². The first-order chi connectivity index (χ1) is 11.2. The maximum Gasteiger partial charge on any atom is 0.244 e. The Morgan fingerprint density at radius 3 is 2.70 bits per heavy atom. The van der Waals surface area contributed by atoms with Gasteiger partial charge in [-0.25, -0.2) is 0 Å². The Balaban J connectivity index is 1.59. The number of nitrogens with one attached hydrogen (secondary N) is 1. The molecule has 0 saturated carbocycles. The van der Waals surface area contributed by atoms with Gasteiger partial charge in [-0.15, -0.1) is 0 Å². The van der Waals surface area contributed by atoms with Crippen molar-refractivity contribution in [3.63, 3.8) is 0 Å². The van der Waals surface area contributed by atoms with Gasteiger partial charge in [0.15, 0.2) is 0 Å². The number of benzene rings is 2. The summed E-state index contributed by atoms with van der Waals surface area (Å²) in [6.07, 6.45) is 0.982. The number of fused-ring (bicyclic) bond motifs is 1. The molecule has 2 aliphatic heterocycles. The van der Waals surface area contributed by atoms with Crippen molar-refractivity contribution < 1.29 is 9.90 Å². The molecule has 4 heteroatoms. The molecule has 118 valence electrons. The maximum atomic E-state index is 12.7. The lowest BCUT2D eigenvalue weighted by molar-refractivity contribution is -0.120. The number of hydrogen-bond acceptors (Lipinski definition) is 3. The lowest BCUT2D eigenvalue weighted by atomic mass is 10.0. The number of amides is 1. The van der Waals surface area contributed by atoms with Crippen molar-refractivity contribution in [2.75, 3.05) is 18.0 Å². The minimum Gasteiger partial charge on any atom is -0.392 e. The van der Waals surface area contributed by atoms with Crippen LogP contribution in [0.4, 0.5) is 5.69 Å². The third kappa shape index (κ3) is 2.64. The molecule has 2 aromatic rings. The second kappa shape index (κ2) is 5.80. The molecule has 1 fully saturated rings. The number of nitrogens with zero attached hydrogens (tertiary/aromatic N) is 1. The first-order valence-electron chi connectivity index (χ1n) is 8.13. The van der Waals surface area contributed by atoms with Gasteiger partial charge in [0, 0.05) is 18.8 Å². The fourth-order valence-corrected chi connectivity index (χ4v) is 3.53. The first-order valence-corrected chi connectivity index (χ1v) is 8.13. The van der Waals surface area contributed by atoms with Crippen LogP contribution >= 0.6 is 0 Å². The highest BCUT2D eigenvalue weighted by molar-refractivity contribution is 5.99. The minimum atomic E-state index is -0.411. The summed E-state index contributed by atoms with van der Waals surface area (Å²) in [5.74, 6) is 0.0766. The third-order valence-corrected chi connectivity index (χ3v) is 4.75. The van der Waals surface area contributed by atoms with Gasteiger partial charge in [0.25, 0.3) is 0 Å². The summed E-state index contributed by atoms with van der Waals surface area (Å²) in [6, 6.07) is 16.3. The van der Waals surface area contributed by atoms with E-state index >= 15 is 0 Å². The third-order valence-electron chi connectivity index (χ3n) is 4.75. The van der Waals surface area contributed by atoms with E-state index in [1.807, 2.05) is 29.2 Å². The fraction of sp³-hybridized carbons (Fsp3) is 0.316. The second-order valence-electron chi connectivity index (χ2n) is 6.30. The topological polar surface area (TPSA) is 52.6 Å². The second-order valence-corrected chi connectivity index (χ2v) is 6.30. The molecule has 0 spiro atoms. The highest BCUT2D eigenvalue weighted by atomic mass is 16.3. The van der Waals surface area contributed by atoms with E-state index in [1.54, 1.807) is 0 Å². The zero-order valence-corrected chi connectivity index (χ0v) is 12.9. The Labute approximate surface area is 135 Å². The molecule has 2 aliphatic rings. The van der Waals surface area contributed by atoms with Crippen LogP contribution in [-0.2, 0) is 11.2 Å². The van der Waals surface area contributed by atoms with E-state index in [-0.39, 0.29) is 11.9 Å². The zero-order valence-electron chi connectivity index (χ0n) is 12.9. The van der Waals surface area contributed by atoms with Crippen molar-refractivity contribution in [3.05, 3.63) is 54.1 Å². The summed E-state index contributed by atoms with van der Waals surface area (Å²) in [4.78, 5) is 14.5. The van der Waals surface area contributed by atoms with Gasteiger partial charge in [-0.2, -0.15) is 0 Å². The average molecular weight is 308 g/mol. The lowest BCUT2D eigenvalue weighted by Gasteiger charge is -2.21. The molecule has 4 nitrogen and oxygen atoms in total. The Kier molecular flexibility index (Phi) is 3.63. The number of anilines is 1. The van der Waals surface area contributed by atoms with Crippen molar-refractivity contribution in [1.82, 2.24) is 5.32 Å². The molecule has 2 atom stereocenters. The average Bonchev–Trinajstić information content (AvgIpc) is 3.20. The molecule has 1 saturated heterocycles. The Bertz CT molecular complexity index is 729. The van der Waals surface area contributed by atoms with E-state index in [9.17, 15) is 9.90 Å². The van der Waals surface area contributed by atoms with Gasteiger partial charge in [-0.05, 0) is 41.7 Å². The predicted molar refractivity (Wildman–Crippen MR) is 90.3 cm³/mol. The number of aliphatic hydroxyl groups excluding tert-OH is 1. The monoisotopic (exact) mass is 308 g/mol. The molecule has 2 aromatic carbocycles. The summed E-state index contributed by atoms with van der Waals surface area (Å²) < 4.78 is 0. The molecule has 2 N–H and O–H groups in total. The Morgan fingerprint density at radius 2 is 1.96 bits per heavy atom.